The van der Waals surface area contributed by atoms with E-state index in [0.717, 1.165) is 37.6 Å². The number of thioether (sulfide) groups is 1. The Morgan fingerprint density at radius 3 is 2.83 bits per heavy atom. The lowest BCUT2D eigenvalue weighted by atomic mass is 10.4. The Kier molecular flexibility index (Phi) is 7.39. The van der Waals surface area contributed by atoms with Crippen LogP contribution in [0.25, 0.3) is 0 Å². The summed E-state index contributed by atoms with van der Waals surface area (Å²) in [6.45, 7) is 9.06. The molecule has 0 unspecified atom stereocenters. The van der Waals surface area contributed by atoms with E-state index in [1.165, 1.54) is 5.03 Å². The molecular formula is C13H25N3OS. The van der Waals surface area contributed by atoms with Crippen LogP contribution in [0.5, 0.6) is 0 Å². The fraction of sp³-hybridized carbons (Fsp3) is 0.769. The molecule has 0 atom stereocenters. The number of ether oxygens (including phenoxy) is 1. The second-order valence-corrected chi connectivity index (χ2v) is 5.73. The van der Waals surface area contributed by atoms with Gasteiger partial charge >= 0.3 is 0 Å². The molecule has 0 aliphatic heterocycles. The number of aromatic nitrogens is 2. The Morgan fingerprint density at radius 1 is 1.44 bits per heavy atom. The zero-order valence-corrected chi connectivity index (χ0v) is 12.7. The summed E-state index contributed by atoms with van der Waals surface area (Å²) in [6, 6.07) is 2.13. The first-order valence-corrected chi connectivity index (χ1v) is 7.54. The largest absolute Gasteiger partial charge is 0.379 e. The van der Waals surface area contributed by atoms with Crippen LogP contribution in [0.15, 0.2) is 11.1 Å². The topological polar surface area (TPSA) is 39.1 Å². The molecule has 0 radical (unpaired) electrons. The maximum atomic E-state index is 5.48. The average Bonchev–Trinajstić information content (AvgIpc) is 2.61. The van der Waals surface area contributed by atoms with Crippen LogP contribution in [0.1, 0.15) is 26.0 Å². The highest BCUT2D eigenvalue weighted by molar-refractivity contribution is 7.99. The van der Waals surface area contributed by atoms with E-state index in [1.807, 2.05) is 30.4 Å². The van der Waals surface area contributed by atoms with Gasteiger partial charge in [0, 0.05) is 26.0 Å². The minimum absolute atomic E-state index is 0.341. The highest BCUT2D eigenvalue weighted by atomic mass is 32.2. The summed E-state index contributed by atoms with van der Waals surface area (Å²) in [7, 11) is 1.99. The molecule has 0 saturated heterocycles. The molecule has 0 bridgehead atoms. The van der Waals surface area contributed by atoms with E-state index in [9.17, 15) is 0 Å². The van der Waals surface area contributed by atoms with Gasteiger partial charge in [0.05, 0.1) is 16.8 Å². The van der Waals surface area contributed by atoms with Gasteiger partial charge in [-0.05, 0) is 39.8 Å². The lowest BCUT2D eigenvalue weighted by Gasteiger charge is -2.08. The molecule has 0 aliphatic carbocycles. The number of aryl methyl sites for hydroxylation is 2. The van der Waals surface area contributed by atoms with E-state index < -0.39 is 0 Å². The molecule has 0 fully saturated rings. The first-order chi connectivity index (χ1) is 8.59. The van der Waals surface area contributed by atoms with Gasteiger partial charge in [0.15, 0.2) is 0 Å². The molecule has 0 aromatic carbocycles. The molecule has 104 valence electrons. The molecule has 0 spiro atoms. The van der Waals surface area contributed by atoms with E-state index in [0.29, 0.717) is 6.10 Å². The molecule has 18 heavy (non-hydrogen) atoms. The summed E-state index contributed by atoms with van der Waals surface area (Å²) in [5, 5.41) is 8.98. The zero-order valence-electron chi connectivity index (χ0n) is 11.9. The van der Waals surface area contributed by atoms with E-state index in [4.69, 9.17) is 4.74 Å². The van der Waals surface area contributed by atoms with Gasteiger partial charge in [0.1, 0.15) is 0 Å². The summed E-state index contributed by atoms with van der Waals surface area (Å²) in [5.74, 6) is 1.07. The second kappa shape index (κ2) is 8.56. The van der Waals surface area contributed by atoms with E-state index in [2.05, 4.69) is 30.3 Å². The maximum absolute atomic E-state index is 5.48. The number of hydrogen-bond acceptors (Lipinski definition) is 4. The molecule has 1 heterocycles. The van der Waals surface area contributed by atoms with Crippen LogP contribution in [0, 0.1) is 6.92 Å². The van der Waals surface area contributed by atoms with Crippen molar-refractivity contribution in [3.63, 3.8) is 0 Å². The van der Waals surface area contributed by atoms with Crippen molar-refractivity contribution in [3.8, 4) is 0 Å². The molecule has 5 heteroatoms. The van der Waals surface area contributed by atoms with Gasteiger partial charge in [-0.2, -0.15) is 5.10 Å². The molecule has 0 saturated carbocycles. The Bertz CT molecular complexity index is 339. The van der Waals surface area contributed by atoms with Gasteiger partial charge in [0.25, 0.3) is 0 Å². The van der Waals surface area contributed by atoms with Crippen LogP contribution in [0.3, 0.4) is 0 Å². The lowest BCUT2D eigenvalue weighted by Crippen LogP contribution is -2.20. The van der Waals surface area contributed by atoms with Gasteiger partial charge in [-0.25, -0.2) is 0 Å². The van der Waals surface area contributed by atoms with Crippen molar-refractivity contribution in [2.75, 3.05) is 25.4 Å². The highest BCUT2D eigenvalue weighted by Crippen LogP contribution is 2.17. The summed E-state index contributed by atoms with van der Waals surface area (Å²) in [6.07, 6.45) is 1.42. The van der Waals surface area contributed by atoms with E-state index in [-0.39, 0.29) is 0 Å². The number of hydrogen-bond donors (Lipinski definition) is 1. The molecule has 0 aliphatic rings. The van der Waals surface area contributed by atoms with Crippen LogP contribution >= 0.6 is 11.8 Å². The van der Waals surface area contributed by atoms with Crippen molar-refractivity contribution in [2.24, 2.45) is 7.05 Å². The summed E-state index contributed by atoms with van der Waals surface area (Å²) in [5.41, 5.74) is 1.08. The Hall–Kier alpha value is -0.520. The third-order valence-electron chi connectivity index (χ3n) is 2.44. The third-order valence-corrected chi connectivity index (χ3v) is 3.52. The smallest absolute Gasteiger partial charge is 0.0939 e. The number of nitrogens with zero attached hydrogens (tertiary/aromatic N) is 2. The van der Waals surface area contributed by atoms with E-state index in [1.54, 1.807) is 0 Å². The van der Waals surface area contributed by atoms with Crippen molar-refractivity contribution in [1.29, 1.82) is 0 Å². The predicted molar refractivity (Wildman–Crippen MR) is 77.2 cm³/mol. The van der Waals surface area contributed by atoms with Crippen molar-refractivity contribution in [2.45, 2.75) is 38.3 Å². The zero-order chi connectivity index (χ0) is 13.4. The number of nitrogens with one attached hydrogen (secondary N) is 1. The fourth-order valence-electron chi connectivity index (χ4n) is 1.59. The van der Waals surface area contributed by atoms with Crippen molar-refractivity contribution >= 4 is 11.8 Å². The minimum atomic E-state index is 0.341. The summed E-state index contributed by atoms with van der Waals surface area (Å²) < 4.78 is 7.42. The summed E-state index contributed by atoms with van der Waals surface area (Å²) >= 11 is 1.84. The molecule has 1 aromatic heterocycles. The monoisotopic (exact) mass is 271 g/mol. The normalized spacial score (nSPS) is 11.4. The van der Waals surface area contributed by atoms with Gasteiger partial charge in [-0.1, -0.05) is 0 Å². The first kappa shape index (κ1) is 15.5. The number of rotatable bonds is 9. The highest BCUT2D eigenvalue weighted by Gasteiger charge is 2.01. The lowest BCUT2D eigenvalue weighted by molar-refractivity contribution is 0.0772. The first-order valence-electron chi connectivity index (χ1n) is 6.55. The van der Waals surface area contributed by atoms with Crippen LogP contribution in [-0.4, -0.2) is 41.3 Å². The minimum Gasteiger partial charge on any atom is -0.379 e. The molecule has 4 nitrogen and oxygen atoms in total. The standard InChI is InChI=1S/C13H25N3OS/c1-11(2)17-8-5-6-14-7-9-18-13-10-12(3)15-16(13)4/h10-11,14H,5-9H2,1-4H3. The summed E-state index contributed by atoms with van der Waals surface area (Å²) in [4.78, 5) is 0. The Labute approximate surface area is 114 Å². The Balaban J connectivity index is 1.97. The van der Waals surface area contributed by atoms with Gasteiger partial charge < -0.3 is 10.1 Å². The van der Waals surface area contributed by atoms with Crippen LogP contribution in [0.4, 0.5) is 0 Å². The third kappa shape index (κ3) is 6.42. The molecular weight excluding hydrogens is 246 g/mol. The Morgan fingerprint density at radius 2 is 2.22 bits per heavy atom. The molecule has 1 rings (SSSR count). The van der Waals surface area contributed by atoms with Gasteiger partial charge in [-0.15, -0.1) is 11.8 Å². The molecule has 0 amide bonds. The quantitative estimate of drug-likeness (QED) is 0.552. The average molecular weight is 271 g/mol. The second-order valence-electron chi connectivity index (χ2n) is 4.62. The maximum Gasteiger partial charge on any atom is 0.0939 e. The van der Waals surface area contributed by atoms with Crippen LogP contribution in [0.2, 0.25) is 0 Å². The van der Waals surface area contributed by atoms with Gasteiger partial charge in [0.2, 0.25) is 0 Å². The van der Waals surface area contributed by atoms with Crippen molar-refractivity contribution < 1.29 is 4.74 Å². The molecule has 1 N–H and O–H groups in total. The SMILES string of the molecule is Cc1cc(SCCNCCCOC(C)C)n(C)n1. The molecule has 1 aromatic rings. The fourth-order valence-corrected chi connectivity index (χ4v) is 2.53. The van der Waals surface area contributed by atoms with E-state index >= 15 is 0 Å². The van der Waals surface area contributed by atoms with Gasteiger partial charge in [-0.3, -0.25) is 4.68 Å². The van der Waals surface area contributed by atoms with Crippen molar-refractivity contribution in [1.82, 2.24) is 15.1 Å². The van der Waals surface area contributed by atoms with Crippen molar-refractivity contribution in [3.05, 3.63) is 11.8 Å². The predicted octanol–water partition coefficient (Wildman–Crippen LogP) is 2.23. The van der Waals surface area contributed by atoms with Crippen LogP contribution in [-0.2, 0) is 11.8 Å². The van der Waals surface area contributed by atoms with Crippen LogP contribution < -0.4 is 5.32 Å².